The highest BCUT2D eigenvalue weighted by molar-refractivity contribution is 5.81. The van der Waals surface area contributed by atoms with Gasteiger partial charge in [0.25, 0.3) is 0 Å². The van der Waals surface area contributed by atoms with Gasteiger partial charge < -0.3 is 21.1 Å². The minimum Gasteiger partial charge on any atom is -0.379 e. The van der Waals surface area contributed by atoms with Crippen LogP contribution in [0.3, 0.4) is 0 Å². The highest BCUT2D eigenvalue weighted by atomic mass is 19.1. The number of amides is 1. The molecule has 0 bridgehead atoms. The molecule has 2 fully saturated rings. The van der Waals surface area contributed by atoms with E-state index in [1.54, 1.807) is 19.2 Å². The van der Waals surface area contributed by atoms with Gasteiger partial charge in [-0.3, -0.25) is 14.7 Å². The Morgan fingerprint density at radius 2 is 1.87 bits per heavy atom. The molecule has 8 heteroatoms. The van der Waals surface area contributed by atoms with Crippen molar-refractivity contribution in [3.05, 3.63) is 35.6 Å². The molecule has 1 aliphatic heterocycles. The molecule has 172 valence electrons. The third-order valence-corrected chi connectivity index (χ3v) is 6.59. The number of ether oxygens (including phenoxy) is 1. The van der Waals surface area contributed by atoms with Crippen LogP contribution >= 0.6 is 0 Å². The number of hydrogen-bond acceptors (Lipinski definition) is 4. The van der Waals surface area contributed by atoms with Gasteiger partial charge in [-0.1, -0.05) is 31.4 Å². The van der Waals surface area contributed by atoms with E-state index in [9.17, 15) is 9.18 Å². The fourth-order valence-electron chi connectivity index (χ4n) is 4.72. The zero-order valence-electron chi connectivity index (χ0n) is 18.5. The van der Waals surface area contributed by atoms with E-state index >= 15 is 0 Å². The van der Waals surface area contributed by atoms with E-state index in [1.165, 1.54) is 44.2 Å². The van der Waals surface area contributed by atoms with Crippen molar-refractivity contribution in [2.24, 2.45) is 16.6 Å². The van der Waals surface area contributed by atoms with Gasteiger partial charge in [-0.2, -0.15) is 0 Å². The summed E-state index contributed by atoms with van der Waals surface area (Å²) in [6.45, 7) is 4.70. The van der Waals surface area contributed by atoms with E-state index in [0.29, 0.717) is 18.9 Å². The zero-order chi connectivity index (χ0) is 22.1. The molecule has 1 atom stereocenters. The normalized spacial score (nSPS) is 20.8. The summed E-state index contributed by atoms with van der Waals surface area (Å²) in [4.78, 5) is 18.9. The molecule has 7 nitrogen and oxygen atoms in total. The molecule has 1 amide bonds. The summed E-state index contributed by atoms with van der Waals surface area (Å²) in [5, 5.41) is 6.76. The number of hydrogen-bond donors (Lipinski definition) is 3. The summed E-state index contributed by atoms with van der Waals surface area (Å²) in [6.07, 6.45) is 6.58. The molecule has 3 rings (SSSR count). The number of nitrogens with zero attached hydrogens (tertiary/aromatic N) is 2. The highest BCUT2D eigenvalue weighted by Gasteiger charge is 2.38. The number of aliphatic imine (C=N–C) groups is 1. The quantitative estimate of drug-likeness (QED) is 0.429. The first-order valence-corrected chi connectivity index (χ1v) is 11.3. The molecular weight excluding hydrogens is 397 g/mol. The molecule has 1 saturated heterocycles. The second kappa shape index (κ2) is 11.4. The van der Waals surface area contributed by atoms with Crippen molar-refractivity contribution in [1.82, 2.24) is 15.5 Å². The smallest absolute Gasteiger partial charge is 0.222 e. The number of halogens is 1. The van der Waals surface area contributed by atoms with E-state index < -0.39 is 5.92 Å². The second-order valence-electron chi connectivity index (χ2n) is 8.62. The number of carbonyl (C=O) groups excluding carboxylic acids is 1. The Morgan fingerprint density at radius 3 is 2.48 bits per heavy atom. The van der Waals surface area contributed by atoms with Crippen molar-refractivity contribution in [2.75, 3.05) is 46.4 Å². The van der Waals surface area contributed by atoms with Crippen LogP contribution in [0.2, 0.25) is 0 Å². The summed E-state index contributed by atoms with van der Waals surface area (Å²) in [5.41, 5.74) is 6.62. The molecule has 1 aromatic rings. The van der Waals surface area contributed by atoms with Crippen LogP contribution in [0.15, 0.2) is 29.3 Å². The molecule has 2 aliphatic rings. The van der Waals surface area contributed by atoms with Crippen LogP contribution in [0.4, 0.5) is 4.39 Å². The van der Waals surface area contributed by atoms with Crippen molar-refractivity contribution >= 4 is 11.9 Å². The van der Waals surface area contributed by atoms with Gasteiger partial charge in [0.1, 0.15) is 5.82 Å². The topological polar surface area (TPSA) is 92.0 Å². The SMILES string of the molecule is CN=C(NCC(Cc1ccc(F)cc1)C(N)=O)NCC1(N2CCOCC2)CCCCC1. The lowest BCUT2D eigenvalue weighted by molar-refractivity contribution is -0.121. The number of nitrogens with one attached hydrogen (secondary N) is 2. The molecule has 1 aromatic carbocycles. The van der Waals surface area contributed by atoms with Crippen LogP contribution in [0.5, 0.6) is 0 Å². The Morgan fingerprint density at radius 1 is 1.19 bits per heavy atom. The number of benzene rings is 1. The van der Waals surface area contributed by atoms with Gasteiger partial charge in [0.15, 0.2) is 5.96 Å². The molecule has 0 aromatic heterocycles. The lowest BCUT2D eigenvalue weighted by Crippen LogP contribution is -2.60. The molecule has 1 saturated carbocycles. The molecule has 4 N–H and O–H groups in total. The average molecular weight is 434 g/mol. The fourth-order valence-corrected chi connectivity index (χ4v) is 4.72. The van der Waals surface area contributed by atoms with E-state index in [0.717, 1.165) is 38.4 Å². The van der Waals surface area contributed by atoms with Crippen LogP contribution in [-0.2, 0) is 16.0 Å². The highest BCUT2D eigenvalue weighted by Crippen LogP contribution is 2.33. The maximum absolute atomic E-state index is 13.1. The Hall–Kier alpha value is -2.19. The van der Waals surface area contributed by atoms with Crippen molar-refractivity contribution in [1.29, 1.82) is 0 Å². The van der Waals surface area contributed by atoms with Crippen molar-refractivity contribution in [2.45, 2.75) is 44.1 Å². The van der Waals surface area contributed by atoms with Crippen molar-refractivity contribution in [3.63, 3.8) is 0 Å². The maximum Gasteiger partial charge on any atom is 0.222 e. The molecule has 0 spiro atoms. The average Bonchev–Trinajstić information content (AvgIpc) is 2.80. The van der Waals surface area contributed by atoms with E-state index in [1.807, 2.05) is 0 Å². The van der Waals surface area contributed by atoms with Gasteiger partial charge in [-0.05, 0) is 37.0 Å². The molecule has 0 radical (unpaired) electrons. The van der Waals surface area contributed by atoms with Crippen molar-refractivity contribution in [3.8, 4) is 0 Å². The summed E-state index contributed by atoms with van der Waals surface area (Å²) < 4.78 is 18.7. The third-order valence-electron chi connectivity index (χ3n) is 6.59. The van der Waals surface area contributed by atoms with Gasteiger partial charge in [0, 0.05) is 38.8 Å². The van der Waals surface area contributed by atoms with Crippen LogP contribution in [-0.4, -0.2) is 68.7 Å². The van der Waals surface area contributed by atoms with Crippen LogP contribution < -0.4 is 16.4 Å². The Balaban J connectivity index is 1.56. The monoisotopic (exact) mass is 433 g/mol. The predicted octanol–water partition coefficient (Wildman–Crippen LogP) is 1.67. The maximum atomic E-state index is 13.1. The van der Waals surface area contributed by atoms with Gasteiger partial charge >= 0.3 is 0 Å². The summed E-state index contributed by atoms with van der Waals surface area (Å²) >= 11 is 0. The first-order valence-electron chi connectivity index (χ1n) is 11.3. The van der Waals surface area contributed by atoms with Crippen molar-refractivity contribution < 1.29 is 13.9 Å². The zero-order valence-corrected chi connectivity index (χ0v) is 18.5. The fraction of sp³-hybridized carbons (Fsp3) is 0.652. The molecule has 1 heterocycles. The number of rotatable bonds is 8. The first kappa shape index (κ1) is 23.5. The Labute approximate surface area is 184 Å². The molecular formula is C23H36FN5O2. The van der Waals surface area contributed by atoms with E-state index in [-0.39, 0.29) is 17.3 Å². The summed E-state index contributed by atoms with van der Waals surface area (Å²) in [7, 11) is 1.73. The summed E-state index contributed by atoms with van der Waals surface area (Å²) in [6, 6.07) is 6.17. The van der Waals surface area contributed by atoms with E-state index in [2.05, 4.69) is 20.5 Å². The van der Waals surface area contributed by atoms with Gasteiger partial charge in [0.2, 0.25) is 5.91 Å². The predicted molar refractivity (Wildman–Crippen MR) is 120 cm³/mol. The van der Waals surface area contributed by atoms with E-state index in [4.69, 9.17) is 10.5 Å². The van der Waals surface area contributed by atoms with Crippen LogP contribution in [0, 0.1) is 11.7 Å². The lowest BCUT2D eigenvalue weighted by Gasteiger charge is -2.48. The second-order valence-corrected chi connectivity index (χ2v) is 8.62. The van der Waals surface area contributed by atoms with Gasteiger partial charge in [-0.25, -0.2) is 4.39 Å². The number of carbonyl (C=O) groups is 1. The minimum absolute atomic E-state index is 0.122. The number of primary amides is 1. The number of guanidine groups is 1. The number of nitrogens with two attached hydrogens (primary N) is 1. The van der Waals surface area contributed by atoms with Gasteiger partial charge in [-0.15, -0.1) is 0 Å². The van der Waals surface area contributed by atoms with Crippen LogP contribution in [0.25, 0.3) is 0 Å². The molecule has 1 unspecified atom stereocenters. The third kappa shape index (κ3) is 6.64. The number of morpholine rings is 1. The van der Waals surface area contributed by atoms with Gasteiger partial charge in [0.05, 0.1) is 19.1 Å². The standard InChI is InChI=1S/C23H36FN5O2/c1-26-22(27-16-19(21(25)30)15-18-5-7-20(24)8-6-18)28-17-23(9-3-2-4-10-23)29-11-13-31-14-12-29/h5-8,19H,2-4,9-17H2,1H3,(H2,25,30)(H2,26,27,28). The largest absolute Gasteiger partial charge is 0.379 e. The molecule has 31 heavy (non-hydrogen) atoms. The van der Waals surface area contributed by atoms with Crippen LogP contribution in [0.1, 0.15) is 37.7 Å². The Bertz CT molecular complexity index is 728. The minimum atomic E-state index is -0.410. The first-order chi connectivity index (χ1) is 15.0. The lowest BCUT2D eigenvalue weighted by atomic mass is 9.80. The Kier molecular flexibility index (Phi) is 8.66. The summed E-state index contributed by atoms with van der Waals surface area (Å²) in [5.74, 6) is -0.418. The molecule has 1 aliphatic carbocycles.